The third kappa shape index (κ3) is 3.13. The normalized spacial score (nSPS) is 15.3. The van der Waals surface area contributed by atoms with Gasteiger partial charge in [-0.2, -0.15) is 0 Å². The van der Waals surface area contributed by atoms with Crippen molar-refractivity contribution in [1.82, 2.24) is 4.98 Å². The Hall–Kier alpha value is -3.54. The minimum Gasteiger partial charge on any atom is -0.497 e. The molecular formula is C22H21N3O3. The summed E-state index contributed by atoms with van der Waals surface area (Å²) in [7, 11) is 1.62. The molecule has 0 fully saturated rings. The Labute approximate surface area is 163 Å². The van der Waals surface area contributed by atoms with Crippen LogP contribution in [0.1, 0.15) is 29.1 Å². The zero-order valence-corrected chi connectivity index (χ0v) is 15.8. The highest BCUT2D eigenvalue weighted by Crippen LogP contribution is 2.39. The number of methoxy groups -OCH3 is 1. The lowest BCUT2D eigenvalue weighted by Gasteiger charge is -2.27. The predicted molar refractivity (Wildman–Crippen MR) is 108 cm³/mol. The summed E-state index contributed by atoms with van der Waals surface area (Å²) < 4.78 is 11.0. The van der Waals surface area contributed by atoms with E-state index in [0.29, 0.717) is 17.9 Å². The molecule has 0 aliphatic carbocycles. The van der Waals surface area contributed by atoms with E-state index in [9.17, 15) is 4.79 Å². The average Bonchev–Trinajstić information content (AvgIpc) is 3.02. The van der Waals surface area contributed by atoms with Gasteiger partial charge in [0, 0.05) is 11.9 Å². The topological polar surface area (TPSA) is 63.7 Å². The quantitative estimate of drug-likeness (QED) is 0.697. The van der Waals surface area contributed by atoms with Crippen LogP contribution in [0.3, 0.4) is 0 Å². The molecule has 0 radical (unpaired) electrons. The molecule has 2 aromatic carbocycles. The molecule has 0 saturated carbocycles. The monoisotopic (exact) mass is 375 g/mol. The molecule has 1 aromatic heterocycles. The first-order valence-electron chi connectivity index (χ1n) is 9.14. The number of nitrogens with zero attached hydrogens (tertiary/aromatic N) is 2. The molecule has 0 spiro atoms. The molecule has 0 bridgehead atoms. The molecular weight excluding hydrogens is 354 g/mol. The van der Waals surface area contributed by atoms with Crippen LogP contribution in [-0.4, -0.2) is 24.6 Å². The Morgan fingerprint density at radius 3 is 2.61 bits per heavy atom. The summed E-state index contributed by atoms with van der Waals surface area (Å²) in [5.74, 6) is 1.37. The molecule has 6 heteroatoms. The maximum atomic E-state index is 13.1. The molecule has 1 atom stereocenters. The van der Waals surface area contributed by atoms with Crippen LogP contribution >= 0.6 is 0 Å². The van der Waals surface area contributed by atoms with Crippen LogP contribution in [0.5, 0.6) is 11.5 Å². The van der Waals surface area contributed by atoms with Crippen molar-refractivity contribution in [3.8, 4) is 11.5 Å². The van der Waals surface area contributed by atoms with E-state index in [2.05, 4.69) is 10.3 Å². The van der Waals surface area contributed by atoms with Gasteiger partial charge in [-0.1, -0.05) is 12.1 Å². The van der Waals surface area contributed by atoms with Crippen LogP contribution in [0.25, 0.3) is 0 Å². The molecule has 142 valence electrons. The Morgan fingerprint density at radius 2 is 1.86 bits per heavy atom. The first-order valence-corrected chi connectivity index (χ1v) is 9.14. The fraction of sp³-hybridized carbons (Fsp3) is 0.182. The zero-order valence-electron chi connectivity index (χ0n) is 15.8. The van der Waals surface area contributed by atoms with E-state index >= 15 is 0 Å². The number of hydrogen-bond acceptors (Lipinski definition) is 5. The first-order chi connectivity index (χ1) is 13.7. The minimum atomic E-state index is -0.446. The fourth-order valence-corrected chi connectivity index (χ4v) is 3.34. The van der Waals surface area contributed by atoms with E-state index in [1.165, 1.54) is 0 Å². The van der Waals surface area contributed by atoms with Gasteiger partial charge in [-0.05, 0) is 55.5 Å². The highest BCUT2D eigenvalue weighted by atomic mass is 16.5. The third-order valence-electron chi connectivity index (χ3n) is 4.63. The molecule has 0 saturated heterocycles. The van der Waals surface area contributed by atoms with Gasteiger partial charge in [-0.3, -0.25) is 14.7 Å². The maximum Gasteiger partial charge on any atom is 0.262 e. The summed E-state index contributed by atoms with van der Waals surface area (Å²) >= 11 is 0. The molecule has 1 amide bonds. The van der Waals surface area contributed by atoms with E-state index in [-0.39, 0.29) is 5.91 Å². The predicted octanol–water partition coefficient (Wildman–Crippen LogP) is 4.26. The number of rotatable bonds is 6. The lowest BCUT2D eigenvalue weighted by molar-refractivity contribution is 0.0993. The largest absolute Gasteiger partial charge is 0.497 e. The number of anilines is 2. The summed E-state index contributed by atoms with van der Waals surface area (Å²) in [5, 5.41) is 3.44. The summed E-state index contributed by atoms with van der Waals surface area (Å²) in [6.07, 6.45) is 1.26. The number of amides is 1. The molecule has 1 N–H and O–H groups in total. The number of benzene rings is 2. The third-order valence-corrected chi connectivity index (χ3v) is 4.63. The SMILES string of the molecule is CCOc1ccccc1N[C@H]1c2ncccc2C(=O)N1c1ccc(OC)cc1. The van der Waals surface area contributed by atoms with Crippen molar-refractivity contribution >= 4 is 17.3 Å². The van der Waals surface area contributed by atoms with Gasteiger partial charge in [0.25, 0.3) is 5.91 Å². The van der Waals surface area contributed by atoms with Crippen LogP contribution in [0.2, 0.25) is 0 Å². The molecule has 1 aliphatic heterocycles. The number of para-hydroxylation sites is 2. The molecule has 6 nitrogen and oxygen atoms in total. The molecule has 1 aliphatic rings. The van der Waals surface area contributed by atoms with Crippen LogP contribution in [0.4, 0.5) is 11.4 Å². The van der Waals surface area contributed by atoms with E-state index in [0.717, 1.165) is 22.9 Å². The maximum absolute atomic E-state index is 13.1. The summed E-state index contributed by atoms with van der Waals surface area (Å²) in [6.45, 7) is 2.50. The molecule has 28 heavy (non-hydrogen) atoms. The van der Waals surface area contributed by atoms with Gasteiger partial charge in [0.1, 0.15) is 11.5 Å². The van der Waals surface area contributed by atoms with Crippen molar-refractivity contribution in [1.29, 1.82) is 0 Å². The van der Waals surface area contributed by atoms with Crippen molar-refractivity contribution in [2.75, 3.05) is 23.9 Å². The van der Waals surface area contributed by atoms with Crippen molar-refractivity contribution < 1.29 is 14.3 Å². The number of nitrogens with one attached hydrogen (secondary N) is 1. The number of aromatic nitrogens is 1. The Kier molecular flexibility index (Phi) is 4.85. The molecule has 0 unspecified atom stereocenters. The summed E-state index contributed by atoms with van der Waals surface area (Å²) in [5.41, 5.74) is 2.84. The number of pyridine rings is 1. The van der Waals surface area contributed by atoms with Crippen molar-refractivity contribution in [3.05, 3.63) is 78.1 Å². The molecule has 2 heterocycles. The van der Waals surface area contributed by atoms with E-state index in [1.54, 1.807) is 30.3 Å². The number of ether oxygens (including phenoxy) is 2. The summed E-state index contributed by atoms with van der Waals surface area (Å²) in [4.78, 5) is 19.3. The number of carbonyl (C=O) groups is 1. The van der Waals surface area contributed by atoms with Gasteiger partial charge < -0.3 is 14.8 Å². The lowest BCUT2D eigenvalue weighted by atomic mass is 10.2. The molecule has 3 aromatic rings. The molecule has 4 rings (SSSR count). The van der Waals surface area contributed by atoms with Crippen LogP contribution in [0, 0.1) is 0 Å². The Morgan fingerprint density at radius 1 is 1.07 bits per heavy atom. The van der Waals surface area contributed by atoms with Crippen LogP contribution < -0.4 is 19.7 Å². The van der Waals surface area contributed by atoms with Gasteiger partial charge in [-0.25, -0.2) is 0 Å². The van der Waals surface area contributed by atoms with Gasteiger partial charge in [-0.15, -0.1) is 0 Å². The van der Waals surface area contributed by atoms with Crippen LogP contribution in [-0.2, 0) is 0 Å². The first kappa shape index (κ1) is 17.9. The second-order valence-corrected chi connectivity index (χ2v) is 6.29. The Balaban J connectivity index is 1.76. The second kappa shape index (κ2) is 7.60. The number of carbonyl (C=O) groups excluding carboxylic acids is 1. The van der Waals surface area contributed by atoms with Crippen molar-refractivity contribution in [3.63, 3.8) is 0 Å². The smallest absolute Gasteiger partial charge is 0.262 e. The average molecular weight is 375 g/mol. The number of fused-ring (bicyclic) bond motifs is 1. The minimum absolute atomic E-state index is 0.0975. The van der Waals surface area contributed by atoms with Crippen molar-refractivity contribution in [2.45, 2.75) is 13.1 Å². The van der Waals surface area contributed by atoms with E-state index < -0.39 is 6.17 Å². The van der Waals surface area contributed by atoms with Crippen LogP contribution in [0.15, 0.2) is 66.9 Å². The van der Waals surface area contributed by atoms with Gasteiger partial charge in [0.05, 0.1) is 30.7 Å². The number of hydrogen-bond donors (Lipinski definition) is 1. The van der Waals surface area contributed by atoms with Crippen molar-refractivity contribution in [2.24, 2.45) is 0 Å². The van der Waals surface area contributed by atoms with E-state index in [4.69, 9.17) is 9.47 Å². The highest BCUT2D eigenvalue weighted by molar-refractivity contribution is 6.11. The summed E-state index contributed by atoms with van der Waals surface area (Å²) in [6, 6.07) is 18.7. The standard InChI is InChI=1S/C22H21N3O3/c1-3-28-19-9-5-4-8-18(19)24-21-20-17(7-6-14-23-20)22(26)25(21)15-10-12-16(27-2)13-11-15/h4-14,21,24H,3H2,1-2H3/t21-/m1/s1. The second-order valence-electron chi connectivity index (χ2n) is 6.29. The highest BCUT2D eigenvalue weighted by Gasteiger charge is 2.39. The lowest BCUT2D eigenvalue weighted by Crippen LogP contribution is -2.32. The Bertz CT molecular complexity index is 988. The zero-order chi connectivity index (χ0) is 19.5. The van der Waals surface area contributed by atoms with Gasteiger partial charge >= 0.3 is 0 Å². The van der Waals surface area contributed by atoms with Gasteiger partial charge in [0.2, 0.25) is 0 Å². The van der Waals surface area contributed by atoms with Gasteiger partial charge in [0.15, 0.2) is 6.17 Å². The fourth-order valence-electron chi connectivity index (χ4n) is 3.34. The van der Waals surface area contributed by atoms with E-state index in [1.807, 2.05) is 55.5 Å².